The van der Waals surface area contributed by atoms with Gasteiger partial charge in [0, 0.05) is 20.4 Å². The summed E-state index contributed by atoms with van der Waals surface area (Å²) in [7, 11) is 5.00. The highest BCUT2D eigenvalue weighted by atomic mass is 16.6. The monoisotopic (exact) mass is 698 g/mol. The van der Waals surface area contributed by atoms with Crippen LogP contribution in [0.15, 0.2) is 21.6 Å². The average Bonchev–Trinajstić information content (AvgIpc) is 3.49. The second-order valence-electron chi connectivity index (χ2n) is 13.5. The Morgan fingerprint density at radius 2 is 1.78 bits per heavy atom. The first kappa shape index (κ1) is 40.9. The fraction of sp³-hybridized carbons (Fsp3) is 0.742. The average molecular weight is 699 g/mol. The van der Waals surface area contributed by atoms with Crippen LogP contribution in [0.1, 0.15) is 61.8 Å². The van der Waals surface area contributed by atoms with E-state index < -0.39 is 108 Å². The topological polar surface area (TPSA) is 243 Å². The molecule has 1 fully saturated rings. The number of aliphatic imine (C=N–C) groups is 1. The zero-order valence-corrected chi connectivity index (χ0v) is 29.9. The standard InChI is InChI=1S/C31H50N6O12/c1-14(2)25(24(41)21-23(40)15(3)36(11)29(21)43)49-30(44)31(7,8)26(48-18(6)38)20(12-19(39)13-37(46)34-45)32-27(42)22-17(5)47-28(33-22)16(4)35(9)10/h14-17,19-20,22,25-26,39,41,45H,12-13H2,1-11H3,(H,32,42)/b24-21+,37-34+/t15-,16-,17+,19+,20-,22-,25-,26-/m0/s1. The number of rotatable bonds is 15. The minimum Gasteiger partial charge on any atom is -0.597 e. The van der Waals surface area contributed by atoms with Gasteiger partial charge in [0.15, 0.2) is 23.2 Å². The molecule has 276 valence electrons. The fourth-order valence-electron chi connectivity index (χ4n) is 5.36. The highest BCUT2D eigenvalue weighted by Crippen LogP contribution is 2.33. The summed E-state index contributed by atoms with van der Waals surface area (Å²) in [5.74, 6) is -5.14. The van der Waals surface area contributed by atoms with Gasteiger partial charge in [-0.2, -0.15) is 0 Å². The van der Waals surface area contributed by atoms with Gasteiger partial charge in [-0.3, -0.25) is 28.9 Å². The van der Waals surface area contributed by atoms with Crippen LogP contribution in [0.2, 0.25) is 0 Å². The van der Waals surface area contributed by atoms with Crippen LogP contribution in [-0.4, -0.2) is 142 Å². The predicted octanol–water partition coefficient (Wildman–Crippen LogP) is 0.477. The maximum absolute atomic E-state index is 13.9. The summed E-state index contributed by atoms with van der Waals surface area (Å²) in [6.45, 7) is 11.1. The van der Waals surface area contributed by atoms with Crippen molar-refractivity contribution in [2.24, 2.45) is 21.6 Å². The first-order valence-electron chi connectivity index (χ1n) is 15.9. The van der Waals surface area contributed by atoms with E-state index in [9.17, 15) is 39.4 Å². The van der Waals surface area contributed by atoms with E-state index in [2.05, 4.69) is 15.6 Å². The molecule has 4 N–H and O–H groups in total. The van der Waals surface area contributed by atoms with Gasteiger partial charge in [0.05, 0.1) is 18.1 Å². The Kier molecular flexibility index (Phi) is 13.7. The lowest BCUT2D eigenvalue weighted by Crippen LogP contribution is -2.58. The van der Waals surface area contributed by atoms with Gasteiger partial charge in [-0.25, -0.2) is 4.99 Å². The van der Waals surface area contributed by atoms with Crippen molar-refractivity contribution >= 4 is 35.4 Å². The molecule has 18 nitrogen and oxygen atoms in total. The minimum atomic E-state index is -1.85. The highest BCUT2D eigenvalue weighted by molar-refractivity contribution is 6.26. The number of carbonyl (C=O) groups is 5. The lowest BCUT2D eigenvalue weighted by atomic mass is 9.80. The molecule has 2 heterocycles. The quantitative estimate of drug-likeness (QED) is 0.0346. The third-order valence-electron chi connectivity index (χ3n) is 8.74. The molecule has 49 heavy (non-hydrogen) atoms. The highest BCUT2D eigenvalue weighted by Gasteiger charge is 2.50. The lowest BCUT2D eigenvalue weighted by molar-refractivity contribution is -0.563. The molecule has 0 aliphatic carbocycles. The summed E-state index contributed by atoms with van der Waals surface area (Å²) < 4.78 is 17.1. The van der Waals surface area contributed by atoms with Gasteiger partial charge in [0.1, 0.15) is 35.1 Å². The number of ketones is 1. The number of aliphatic hydroxyl groups is 2. The van der Waals surface area contributed by atoms with Crippen molar-refractivity contribution < 1.29 is 58.5 Å². The van der Waals surface area contributed by atoms with Crippen molar-refractivity contribution in [1.29, 1.82) is 0 Å². The number of aliphatic hydroxyl groups excluding tert-OH is 2. The Labute approximate surface area is 285 Å². The molecule has 2 rings (SSSR count). The molecular weight excluding hydrogens is 648 g/mol. The molecule has 8 atom stereocenters. The second kappa shape index (κ2) is 16.4. The SMILES string of the molecule is CC(=O)O[C@@H]([C@H](C[C@@H](O)C/[N+]([O-])=N\O)NC(=O)[C@H]1N=C([C@H](C)N(C)C)O[C@@H]1C)C(C)(C)C(=O)O[C@H](/C(O)=C1/C(=O)[C@H](C)N(C)C1=O)C(C)C. The summed E-state index contributed by atoms with van der Waals surface area (Å²) >= 11 is 0. The first-order valence-corrected chi connectivity index (χ1v) is 15.9. The van der Waals surface area contributed by atoms with Crippen LogP contribution in [0, 0.1) is 16.5 Å². The predicted molar refractivity (Wildman–Crippen MR) is 171 cm³/mol. The van der Waals surface area contributed by atoms with Crippen molar-refractivity contribution in [3.05, 3.63) is 16.5 Å². The fourth-order valence-corrected chi connectivity index (χ4v) is 5.36. The molecule has 0 aromatic carbocycles. The van der Waals surface area contributed by atoms with Crippen LogP contribution in [0.4, 0.5) is 0 Å². The molecule has 18 heteroatoms. The number of nitrogens with zero attached hydrogens (tertiary/aromatic N) is 5. The Balaban J connectivity index is 2.56. The lowest BCUT2D eigenvalue weighted by Gasteiger charge is -2.39. The normalized spacial score (nSPS) is 24.2. The molecule has 0 aromatic heterocycles. The van der Waals surface area contributed by atoms with E-state index in [1.54, 1.807) is 34.9 Å². The van der Waals surface area contributed by atoms with E-state index in [1.165, 1.54) is 27.8 Å². The summed E-state index contributed by atoms with van der Waals surface area (Å²) in [6.07, 6.45) is -5.84. The van der Waals surface area contributed by atoms with Gasteiger partial charge in [-0.15, -0.1) is 0 Å². The molecule has 1 saturated heterocycles. The maximum atomic E-state index is 13.9. The molecule has 0 saturated carbocycles. The van der Waals surface area contributed by atoms with Gasteiger partial charge in [0.25, 0.3) is 5.91 Å². The van der Waals surface area contributed by atoms with Crippen molar-refractivity contribution in [1.82, 2.24) is 15.1 Å². The largest absolute Gasteiger partial charge is 0.597 e. The number of hydroxylamine groups is 1. The van der Waals surface area contributed by atoms with E-state index >= 15 is 0 Å². The maximum Gasteiger partial charge on any atom is 0.316 e. The van der Waals surface area contributed by atoms with Crippen molar-refractivity contribution in [3.8, 4) is 0 Å². The minimum absolute atomic E-state index is 0.205. The summed E-state index contributed by atoms with van der Waals surface area (Å²) in [5.41, 5.74) is -2.36. The molecule has 2 amide bonds. The molecule has 2 aliphatic heterocycles. The van der Waals surface area contributed by atoms with Crippen molar-refractivity contribution in [2.45, 2.75) is 110 Å². The number of likely N-dealkylation sites (tertiary alicyclic amines) is 1. The molecular formula is C31H50N6O12. The Hall–Kier alpha value is -4.32. The van der Waals surface area contributed by atoms with Gasteiger partial charge in [-0.1, -0.05) is 18.7 Å². The Morgan fingerprint density at radius 3 is 2.24 bits per heavy atom. The molecule has 2 aliphatic rings. The van der Waals surface area contributed by atoms with Crippen molar-refractivity contribution in [2.75, 3.05) is 27.7 Å². The van der Waals surface area contributed by atoms with Crippen LogP contribution >= 0.6 is 0 Å². The van der Waals surface area contributed by atoms with E-state index in [-0.39, 0.29) is 10.9 Å². The summed E-state index contributed by atoms with van der Waals surface area (Å²) in [5, 5.41) is 47.5. The van der Waals surface area contributed by atoms with Crippen LogP contribution in [-0.2, 0) is 38.2 Å². The third kappa shape index (κ3) is 9.44. The number of amides is 2. The number of nitrogens with one attached hydrogen (secondary N) is 1. The summed E-state index contributed by atoms with van der Waals surface area (Å²) in [6, 6.07) is -3.58. The van der Waals surface area contributed by atoms with Gasteiger partial charge >= 0.3 is 11.9 Å². The number of hydrogen-bond donors (Lipinski definition) is 4. The van der Waals surface area contributed by atoms with Crippen molar-refractivity contribution in [3.63, 3.8) is 0 Å². The van der Waals surface area contributed by atoms with Gasteiger partial charge in [0.2, 0.25) is 18.3 Å². The number of hydrogen-bond acceptors (Lipinski definition) is 14. The van der Waals surface area contributed by atoms with Crippen LogP contribution in [0.3, 0.4) is 0 Å². The van der Waals surface area contributed by atoms with Crippen LogP contribution in [0.25, 0.3) is 0 Å². The number of Topliss-reactive ketones (excluding diaryl/α,β-unsaturated/α-hetero) is 1. The Bertz CT molecular complexity index is 1350. The second-order valence-corrected chi connectivity index (χ2v) is 13.5. The molecule has 0 aromatic rings. The van der Waals surface area contributed by atoms with E-state index in [4.69, 9.17) is 19.4 Å². The van der Waals surface area contributed by atoms with Gasteiger partial charge in [-0.05, 0) is 54.6 Å². The van der Waals surface area contributed by atoms with Crippen LogP contribution < -0.4 is 5.32 Å². The van der Waals surface area contributed by atoms with E-state index in [0.717, 1.165) is 11.8 Å². The summed E-state index contributed by atoms with van der Waals surface area (Å²) in [4.78, 5) is 72.8. The zero-order chi connectivity index (χ0) is 37.7. The number of carbonyl (C=O) groups excluding carboxylic acids is 5. The smallest absolute Gasteiger partial charge is 0.316 e. The molecule has 0 unspecified atom stereocenters. The van der Waals surface area contributed by atoms with E-state index in [0.29, 0.717) is 5.90 Å². The molecule has 0 radical (unpaired) electrons. The first-order chi connectivity index (χ1) is 22.6. The number of esters is 2. The number of ether oxygens (including phenoxy) is 3. The third-order valence-corrected chi connectivity index (χ3v) is 8.74. The van der Waals surface area contributed by atoms with Gasteiger partial charge < -0.3 is 45.1 Å². The molecule has 0 spiro atoms. The molecule has 0 bridgehead atoms. The number of likely N-dealkylation sites (N-methyl/N-ethyl adjacent to an activating group) is 2. The Morgan fingerprint density at radius 1 is 1.18 bits per heavy atom. The zero-order valence-electron chi connectivity index (χ0n) is 29.9. The van der Waals surface area contributed by atoms with E-state index in [1.807, 2.05) is 11.8 Å². The van der Waals surface area contributed by atoms with Crippen LogP contribution in [0.5, 0.6) is 0 Å².